The van der Waals surface area contributed by atoms with E-state index in [2.05, 4.69) is 10.4 Å². The van der Waals surface area contributed by atoms with Crippen molar-refractivity contribution in [1.82, 2.24) is 15.2 Å². The highest BCUT2D eigenvalue weighted by Crippen LogP contribution is 2.34. The van der Waals surface area contributed by atoms with Crippen molar-refractivity contribution in [3.8, 4) is 5.75 Å². The van der Waals surface area contributed by atoms with Crippen LogP contribution in [0.1, 0.15) is 36.5 Å². The monoisotopic (exact) mass is 462 g/mol. The predicted octanol–water partition coefficient (Wildman–Crippen LogP) is 3.03. The van der Waals surface area contributed by atoms with Crippen LogP contribution in [0.2, 0.25) is 0 Å². The first-order chi connectivity index (χ1) is 16.4. The van der Waals surface area contributed by atoms with E-state index in [1.165, 1.54) is 24.5 Å². The smallest absolute Gasteiger partial charge is 0.325 e. The molecule has 4 amide bonds. The van der Waals surface area contributed by atoms with Gasteiger partial charge in [0.05, 0.1) is 25.3 Å². The number of hydrogen-bond acceptors (Lipinski definition) is 7. The molecule has 2 aliphatic rings. The lowest BCUT2D eigenvalue weighted by molar-refractivity contribution is -0.140. The SMILES string of the molecule is COc1ccc(C2=NN(C(=O)CN3C(=O)NC(C)(c4ccco4)C3=O)C(c3ccco3)C2)cc1. The molecule has 2 atom stereocenters. The van der Waals surface area contributed by atoms with Gasteiger partial charge >= 0.3 is 6.03 Å². The molecule has 0 bridgehead atoms. The number of benzene rings is 1. The number of urea groups is 1. The van der Waals surface area contributed by atoms with Gasteiger partial charge in [-0.15, -0.1) is 0 Å². The summed E-state index contributed by atoms with van der Waals surface area (Å²) in [6, 6.07) is 12.9. The fourth-order valence-corrected chi connectivity index (χ4v) is 4.18. The Morgan fingerprint density at radius 2 is 1.88 bits per heavy atom. The molecule has 10 heteroatoms. The van der Waals surface area contributed by atoms with Crippen LogP contribution in [0.3, 0.4) is 0 Å². The Hall–Kier alpha value is -4.34. The molecule has 0 aliphatic carbocycles. The second kappa shape index (κ2) is 8.22. The largest absolute Gasteiger partial charge is 0.497 e. The van der Waals surface area contributed by atoms with Crippen molar-refractivity contribution >= 4 is 23.6 Å². The van der Waals surface area contributed by atoms with E-state index in [9.17, 15) is 14.4 Å². The molecule has 0 saturated carbocycles. The van der Waals surface area contributed by atoms with Gasteiger partial charge in [0.1, 0.15) is 29.9 Å². The normalized spacial score (nSPS) is 22.2. The first-order valence-electron chi connectivity index (χ1n) is 10.7. The Bertz CT molecular complexity index is 1250. The highest BCUT2D eigenvalue weighted by Gasteiger charge is 2.52. The van der Waals surface area contributed by atoms with Gasteiger partial charge in [-0.05, 0) is 61.0 Å². The minimum absolute atomic E-state index is 0.287. The molecule has 2 aliphatic heterocycles. The van der Waals surface area contributed by atoms with Gasteiger partial charge in [0.2, 0.25) is 0 Å². The molecule has 3 aromatic rings. The van der Waals surface area contributed by atoms with Crippen LogP contribution in [-0.4, -0.2) is 47.1 Å². The molecule has 4 heterocycles. The summed E-state index contributed by atoms with van der Waals surface area (Å²) < 4.78 is 16.1. The van der Waals surface area contributed by atoms with Gasteiger partial charge in [0.25, 0.3) is 11.8 Å². The van der Waals surface area contributed by atoms with Gasteiger partial charge in [-0.3, -0.25) is 14.5 Å². The Morgan fingerprint density at radius 1 is 1.15 bits per heavy atom. The summed E-state index contributed by atoms with van der Waals surface area (Å²) in [4.78, 5) is 39.9. The van der Waals surface area contributed by atoms with Gasteiger partial charge in [-0.25, -0.2) is 9.80 Å². The molecule has 1 fully saturated rings. The fraction of sp³-hybridized carbons (Fsp3) is 0.250. The minimum atomic E-state index is -1.39. The predicted molar refractivity (Wildman–Crippen MR) is 119 cm³/mol. The number of nitrogens with one attached hydrogen (secondary N) is 1. The van der Waals surface area contributed by atoms with E-state index in [1.54, 1.807) is 31.4 Å². The van der Waals surface area contributed by atoms with Crippen molar-refractivity contribution in [2.24, 2.45) is 5.10 Å². The minimum Gasteiger partial charge on any atom is -0.497 e. The van der Waals surface area contributed by atoms with Crippen LogP contribution in [0.4, 0.5) is 4.79 Å². The summed E-state index contributed by atoms with van der Waals surface area (Å²) in [6.45, 7) is 1.07. The standard InChI is InChI=1S/C24H22N4O6/c1-24(20-6-4-12-34-20)22(30)27(23(31)25-24)14-21(29)28-18(19-5-3-11-33-19)13-17(26-28)15-7-9-16(32-2)10-8-15/h3-12,18H,13-14H2,1-2H3,(H,25,31). The third kappa shape index (κ3) is 3.53. The third-order valence-corrected chi connectivity index (χ3v) is 6.04. The summed E-state index contributed by atoms with van der Waals surface area (Å²) in [7, 11) is 1.59. The summed E-state index contributed by atoms with van der Waals surface area (Å²) in [5.41, 5.74) is 0.118. The molecule has 1 aromatic carbocycles. The molecule has 5 rings (SSSR count). The highest BCUT2D eigenvalue weighted by molar-refractivity contribution is 6.09. The lowest BCUT2D eigenvalue weighted by Crippen LogP contribution is -2.43. The van der Waals surface area contributed by atoms with Crippen LogP contribution in [0.25, 0.3) is 0 Å². The van der Waals surface area contributed by atoms with Gasteiger partial charge in [-0.2, -0.15) is 5.10 Å². The average Bonchev–Trinajstić information content (AvgIpc) is 3.64. The molecule has 2 unspecified atom stereocenters. The van der Waals surface area contributed by atoms with Crippen molar-refractivity contribution in [3.63, 3.8) is 0 Å². The van der Waals surface area contributed by atoms with Crippen molar-refractivity contribution in [2.75, 3.05) is 13.7 Å². The first-order valence-corrected chi connectivity index (χ1v) is 10.7. The van der Waals surface area contributed by atoms with Crippen LogP contribution in [0, 0.1) is 0 Å². The molecule has 2 aromatic heterocycles. The van der Waals surface area contributed by atoms with Crippen molar-refractivity contribution < 1.29 is 28.0 Å². The fourth-order valence-electron chi connectivity index (χ4n) is 4.18. The highest BCUT2D eigenvalue weighted by atomic mass is 16.5. The van der Waals surface area contributed by atoms with Crippen molar-refractivity contribution in [1.29, 1.82) is 0 Å². The van der Waals surface area contributed by atoms with Crippen molar-refractivity contribution in [2.45, 2.75) is 24.9 Å². The maximum absolute atomic E-state index is 13.3. The summed E-state index contributed by atoms with van der Waals surface area (Å²) in [5, 5.41) is 8.44. The lowest BCUT2D eigenvalue weighted by Gasteiger charge is -2.23. The number of methoxy groups -OCH3 is 1. The molecular formula is C24H22N4O6. The van der Waals surface area contributed by atoms with E-state index in [0.717, 1.165) is 10.5 Å². The Morgan fingerprint density at radius 3 is 2.53 bits per heavy atom. The summed E-state index contributed by atoms with van der Waals surface area (Å²) in [5.74, 6) is 0.454. The van der Waals surface area contributed by atoms with E-state index in [4.69, 9.17) is 13.6 Å². The number of rotatable bonds is 6. The zero-order valence-electron chi connectivity index (χ0n) is 18.6. The first kappa shape index (κ1) is 21.5. The lowest BCUT2D eigenvalue weighted by atomic mass is 9.99. The van der Waals surface area contributed by atoms with Gasteiger partial charge in [0.15, 0.2) is 5.54 Å². The number of hydrogen-bond donors (Lipinski definition) is 1. The molecule has 0 spiro atoms. The number of carbonyl (C=O) groups excluding carboxylic acids is 3. The molecule has 174 valence electrons. The number of ether oxygens (including phenoxy) is 1. The zero-order valence-corrected chi connectivity index (χ0v) is 18.6. The summed E-state index contributed by atoms with van der Waals surface area (Å²) >= 11 is 0. The van der Waals surface area contributed by atoms with E-state index in [-0.39, 0.29) is 5.76 Å². The van der Waals surface area contributed by atoms with Gasteiger partial charge < -0.3 is 18.9 Å². The number of furan rings is 2. The summed E-state index contributed by atoms with van der Waals surface area (Å²) in [6.07, 6.45) is 3.35. The second-order valence-corrected chi connectivity index (χ2v) is 8.17. The second-order valence-electron chi connectivity index (χ2n) is 8.17. The molecule has 34 heavy (non-hydrogen) atoms. The van der Waals surface area contributed by atoms with E-state index in [1.807, 2.05) is 24.3 Å². The maximum atomic E-state index is 13.3. The molecule has 0 radical (unpaired) electrons. The number of carbonyl (C=O) groups is 3. The van der Waals surface area contributed by atoms with E-state index < -0.39 is 36.0 Å². The Labute approximate surface area is 194 Å². The number of nitrogens with zero attached hydrogens (tertiary/aromatic N) is 3. The van der Waals surface area contributed by atoms with Crippen molar-refractivity contribution in [3.05, 3.63) is 78.1 Å². The average molecular weight is 462 g/mol. The van der Waals surface area contributed by atoms with Crippen LogP contribution in [-0.2, 0) is 15.1 Å². The quantitative estimate of drug-likeness (QED) is 0.563. The van der Waals surface area contributed by atoms with Crippen LogP contribution in [0.15, 0.2) is 75.0 Å². The van der Waals surface area contributed by atoms with Crippen LogP contribution in [0.5, 0.6) is 5.75 Å². The number of imide groups is 1. The van der Waals surface area contributed by atoms with Gasteiger partial charge in [-0.1, -0.05) is 0 Å². The third-order valence-electron chi connectivity index (χ3n) is 6.04. The van der Waals surface area contributed by atoms with Crippen LogP contribution >= 0.6 is 0 Å². The molecule has 10 nitrogen and oxygen atoms in total. The maximum Gasteiger partial charge on any atom is 0.325 e. The molecule has 1 saturated heterocycles. The number of hydrazone groups is 1. The Balaban J connectivity index is 1.40. The topological polar surface area (TPSA) is 118 Å². The molecule has 1 N–H and O–H groups in total. The van der Waals surface area contributed by atoms with E-state index >= 15 is 0 Å². The zero-order chi connectivity index (χ0) is 23.9. The number of amides is 4. The molecular weight excluding hydrogens is 440 g/mol. The van der Waals surface area contributed by atoms with E-state index in [0.29, 0.717) is 23.6 Å². The Kier molecular flexibility index (Phi) is 5.20. The van der Waals surface area contributed by atoms with Gasteiger partial charge in [0, 0.05) is 6.42 Å². The van der Waals surface area contributed by atoms with Crippen LogP contribution < -0.4 is 10.1 Å².